The van der Waals surface area contributed by atoms with Crippen molar-refractivity contribution in [3.8, 4) is 0 Å². The van der Waals surface area contributed by atoms with Gasteiger partial charge in [0, 0.05) is 45.2 Å². The molecule has 0 aliphatic carbocycles. The maximum atomic E-state index is 12.4. The average molecular weight is 570 g/mol. The third-order valence-electron chi connectivity index (χ3n) is 6.16. The Kier molecular flexibility index (Phi) is 25.2. The van der Waals surface area contributed by atoms with Crippen LogP contribution < -0.4 is 5.32 Å². The van der Waals surface area contributed by atoms with Crippen molar-refractivity contribution >= 4 is 23.9 Å². The predicted molar refractivity (Wildman–Crippen MR) is 155 cm³/mol. The summed E-state index contributed by atoms with van der Waals surface area (Å²) < 4.78 is 20.3. The Morgan fingerprint density at radius 3 is 2.10 bits per heavy atom. The molecule has 0 aromatic heterocycles. The lowest BCUT2D eigenvalue weighted by Crippen LogP contribution is -2.27. The zero-order valence-corrected chi connectivity index (χ0v) is 25.5. The summed E-state index contributed by atoms with van der Waals surface area (Å²) in [7, 11) is 0. The molecule has 0 saturated heterocycles. The second kappa shape index (κ2) is 26.8. The van der Waals surface area contributed by atoms with Gasteiger partial charge in [-0.3, -0.25) is 19.2 Å². The first-order valence-corrected chi connectivity index (χ1v) is 15.3. The summed E-state index contributed by atoms with van der Waals surface area (Å²) >= 11 is 0. The van der Waals surface area contributed by atoms with E-state index < -0.39 is 5.97 Å². The highest BCUT2D eigenvalue weighted by Crippen LogP contribution is 2.15. The second-order valence-corrected chi connectivity index (χ2v) is 10.4. The first kappa shape index (κ1) is 37.6. The number of carbonyl (C=O) groups is 4. The van der Waals surface area contributed by atoms with E-state index >= 15 is 0 Å². The third-order valence-corrected chi connectivity index (χ3v) is 6.16. The van der Waals surface area contributed by atoms with Crippen LogP contribution in [0.25, 0.3) is 0 Å². The number of hydrogen-bond acceptors (Lipinski definition) is 9. The Bertz CT molecular complexity index is 707. The van der Waals surface area contributed by atoms with E-state index in [1.807, 2.05) is 13.8 Å². The van der Waals surface area contributed by atoms with Crippen molar-refractivity contribution in [3.63, 3.8) is 0 Å². The van der Waals surface area contributed by atoms with Crippen molar-refractivity contribution in [2.75, 3.05) is 19.9 Å². The number of hydrogen-bond donors (Lipinski definition) is 1. The number of rotatable bonds is 26. The van der Waals surface area contributed by atoms with Crippen molar-refractivity contribution in [2.45, 2.75) is 143 Å². The molecule has 1 atom stereocenters. The van der Waals surface area contributed by atoms with Gasteiger partial charge in [-0.25, -0.2) is 0 Å². The summed E-state index contributed by atoms with van der Waals surface area (Å²) in [5, 5.41) is 3.19. The normalized spacial score (nSPS) is 11.9. The molecule has 1 unspecified atom stereocenters. The molecule has 232 valence electrons. The molecule has 0 rings (SSSR count). The van der Waals surface area contributed by atoms with Crippen LogP contribution in [-0.4, -0.2) is 56.0 Å². The van der Waals surface area contributed by atoms with Gasteiger partial charge in [-0.05, 0) is 38.5 Å². The molecule has 9 nitrogen and oxygen atoms in total. The fourth-order valence-electron chi connectivity index (χ4n) is 3.91. The van der Waals surface area contributed by atoms with Gasteiger partial charge < -0.3 is 24.3 Å². The molecule has 9 heteroatoms. The lowest BCUT2D eigenvalue weighted by atomic mass is 10.1. The highest BCUT2D eigenvalue weighted by molar-refractivity contribution is 5.72. The molecule has 0 spiro atoms. The number of nitrogens with one attached hydrogen (secondary N) is 1. The van der Waals surface area contributed by atoms with E-state index in [1.165, 1.54) is 13.3 Å². The van der Waals surface area contributed by atoms with E-state index in [1.54, 1.807) is 0 Å². The van der Waals surface area contributed by atoms with Gasteiger partial charge >= 0.3 is 23.9 Å². The van der Waals surface area contributed by atoms with Gasteiger partial charge in [-0.15, -0.1) is 0 Å². The number of carbonyl (C=O) groups excluding carboxylic acids is 4. The number of esters is 4. The number of ether oxygens (including phenoxy) is 4. The molecule has 0 aromatic rings. The SMILES string of the molecule is CCCCCCC(CC=CCCCCCCCC(=O)OCOC(C)=O)OC(=O)CCCC(=O)OCCNC(C)C. The summed E-state index contributed by atoms with van der Waals surface area (Å²) in [4.78, 5) is 46.4. The molecule has 0 heterocycles. The highest BCUT2D eigenvalue weighted by atomic mass is 16.7. The molecular formula is C31H55NO8. The van der Waals surface area contributed by atoms with Gasteiger partial charge in [-0.1, -0.05) is 71.4 Å². The molecule has 0 amide bonds. The molecule has 0 saturated carbocycles. The Morgan fingerprint density at radius 1 is 0.725 bits per heavy atom. The van der Waals surface area contributed by atoms with Crippen LogP contribution in [0.2, 0.25) is 0 Å². The van der Waals surface area contributed by atoms with Crippen LogP contribution in [0.4, 0.5) is 0 Å². The van der Waals surface area contributed by atoms with Crippen LogP contribution in [0.15, 0.2) is 12.2 Å². The smallest absolute Gasteiger partial charge is 0.308 e. The highest BCUT2D eigenvalue weighted by Gasteiger charge is 2.14. The van der Waals surface area contributed by atoms with Crippen molar-refractivity contribution < 1.29 is 38.1 Å². The van der Waals surface area contributed by atoms with E-state index in [-0.39, 0.29) is 43.6 Å². The van der Waals surface area contributed by atoms with Gasteiger partial charge in [-0.2, -0.15) is 0 Å². The summed E-state index contributed by atoms with van der Waals surface area (Å²) in [6.07, 6.45) is 17.3. The van der Waals surface area contributed by atoms with Gasteiger partial charge in [0.15, 0.2) is 0 Å². The van der Waals surface area contributed by atoms with Crippen LogP contribution in [0.5, 0.6) is 0 Å². The fraction of sp³-hybridized carbons (Fsp3) is 0.806. The minimum atomic E-state index is -0.470. The molecule has 40 heavy (non-hydrogen) atoms. The monoisotopic (exact) mass is 569 g/mol. The van der Waals surface area contributed by atoms with Gasteiger partial charge in [0.05, 0.1) is 0 Å². The van der Waals surface area contributed by atoms with E-state index in [4.69, 9.17) is 14.2 Å². The van der Waals surface area contributed by atoms with Crippen LogP contribution in [0, 0.1) is 0 Å². The quantitative estimate of drug-likeness (QED) is 0.0420. The standard InChI is InChI=1S/C31H55NO8/c1-5-6-7-14-18-28(40-31(36)22-17-21-29(34)37-24-23-32-26(2)3)19-15-12-10-8-9-11-13-16-20-30(35)39-25-38-27(4)33/h12,15,26,28,32H,5-11,13-14,16-25H2,1-4H3. The first-order valence-electron chi connectivity index (χ1n) is 15.3. The van der Waals surface area contributed by atoms with Gasteiger partial charge in [0.25, 0.3) is 0 Å². The largest absolute Gasteiger partial charge is 0.464 e. The molecule has 0 bridgehead atoms. The van der Waals surface area contributed by atoms with E-state index in [2.05, 4.69) is 29.1 Å². The topological polar surface area (TPSA) is 117 Å². The molecular weight excluding hydrogens is 514 g/mol. The Morgan fingerprint density at radius 2 is 1.38 bits per heavy atom. The maximum absolute atomic E-state index is 12.4. The van der Waals surface area contributed by atoms with Crippen LogP contribution in [-0.2, 0) is 38.1 Å². The minimum absolute atomic E-state index is 0.129. The Hall–Kier alpha value is -2.42. The van der Waals surface area contributed by atoms with E-state index in [0.717, 1.165) is 64.2 Å². The Labute approximate surface area is 242 Å². The van der Waals surface area contributed by atoms with Crippen LogP contribution in [0.3, 0.4) is 0 Å². The molecule has 0 aromatic carbocycles. The second-order valence-electron chi connectivity index (χ2n) is 10.4. The van der Waals surface area contributed by atoms with Gasteiger partial charge in [0.2, 0.25) is 6.79 Å². The van der Waals surface area contributed by atoms with Gasteiger partial charge in [0.1, 0.15) is 12.7 Å². The van der Waals surface area contributed by atoms with Crippen LogP contribution >= 0.6 is 0 Å². The summed E-state index contributed by atoms with van der Waals surface area (Å²) in [6.45, 7) is 8.16. The Balaban J connectivity index is 4.09. The van der Waals surface area contributed by atoms with E-state index in [0.29, 0.717) is 38.5 Å². The molecule has 0 radical (unpaired) electrons. The maximum Gasteiger partial charge on any atom is 0.308 e. The summed E-state index contributed by atoms with van der Waals surface area (Å²) in [5.41, 5.74) is 0. The molecule has 0 fully saturated rings. The van der Waals surface area contributed by atoms with Crippen molar-refractivity contribution in [3.05, 3.63) is 12.2 Å². The minimum Gasteiger partial charge on any atom is -0.464 e. The summed E-state index contributed by atoms with van der Waals surface area (Å²) in [5.74, 6) is -1.35. The number of unbranched alkanes of at least 4 members (excludes halogenated alkanes) is 8. The molecule has 0 aliphatic heterocycles. The molecule has 0 aliphatic rings. The van der Waals surface area contributed by atoms with Crippen LogP contribution in [0.1, 0.15) is 130 Å². The van der Waals surface area contributed by atoms with E-state index in [9.17, 15) is 19.2 Å². The predicted octanol–water partition coefficient (Wildman–Crippen LogP) is 6.32. The van der Waals surface area contributed by atoms with Crippen molar-refractivity contribution in [2.24, 2.45) is 0 Å². The van der Waals surface area contributed by atoms with Crippen molar-refractivity contribution in [1.82, 2.24) is 5.32 Å². The zero-order valence-electron chi connectivity index (χ0n) is 25.5. The molecule has 1 N–H and O–H groups in total. The lowest BCUT2D eigenvalue weighted by Gasteiger charge is -2.16. The summed E-state index contributed by atoms with van der Waals surface area (Å²) in [6, 6.07) is 0.349. The third kappa shape index (κ3) is 27.2. The fourth-order valence-corrected chi connectivity index (χ4v) is 3.91. The average Bonchev–Trinajstić information content (AvgIpc) is 2.89. The zero-order chi connectivity index (χ0) is 29.8. The lowest BCUT2D eigenvalue weighted by molar-refractivity contribution is -0.165. The number of allylic oxidation sites excluding steroid dienone is 1. The van der Waals surface area contributed by atoms with Crippen molar-refractivity contribution in [1.29, 1.82) is 0 Å². The first-order chi connectivity index (χ1) is 19.2.